The van der Waals surface area contributed by atoms with E-state index in [1.54, 1.807) is 18.1 Å². The summed E-state index contributed by atoms with van der Waals surface area (Å²) in [6.07, 6.45) is 2.15. The highest BCUT2D eigenvalue weighted by Crippen LogP contribution is 2.22. The Morgan fingerprint density at radius 2 is 2.00 bits per heavy atom. The summed E-state index contributed by atoms with van der Waals surface area (Å²) < 4.78 is 15.9. The van der Waals surface area contributed by atoms with Gasteiger partial charge in [0.15, 0.2) is 0 Å². The molecule has 0 aliphatic carbocycles. The van der Waals surface area contributed by atoms with Gasteiger partial charge >= 0.3 is 0 Å². The molecule has 2 fully saturated rings. The number of ether oxygens (including phenoxy) is 2. The fraction of sp³-hybridized carbons (Fsp3) is 0.500. The van der Waals surface area contributed by atoms with Gasteiger partial charge < -0.3 is 23.8 Å². The number of benzene rings is 1. The van der Waals surface area contributed by atoms with Crippen LogP contribution < -0.4 is 4.74 Å². The second-order valence-electron chi connectivity index (χ2n) is 7.74. The lowest BCUT2D eigenvalue weighted by atomic mass is 9.96. The van der Waals surface area contributed by atoms with Crippen molar-refractivity contribution in [3.05, 3.63) is 47.3 Å². The van der Waals surface area contributed by atoms with E-state index < -0.39 is 0 Å². The molecule has 2 aliphatic heterocycles. The molecule has 8 heteroatoms. The molecule has 3 heterocycles. The average Bonchev–Trinajstić information content (AvgIpc) is 3.27. The van der Waals surface area contributed by atoms with Gasteiger partial charge in [0.1, 0.15) is 5.75 Å². The number of likely N-dealkylation sites (tertiary alicyclic amines) is 1. The summed E-state index contributed by atoms with van der Waals surface area (Å²) in [5.74, 6) is 0.731. The maximum Gasteiger partial charge on any atom is 0.292 e. The average molecular weight is 413 g/mol. The topological polar surface area (TPSA) is 85.1 Å². The number of hydrogen-bond donors (Lipinski definition) is 0. The molecule has 30 heavy (non-hydrogen) atoms. The van der Waals surface area contributed by atoms with Crippen LogP contribution in [0.4, 0.5) is 0 Å². The van der Waals surface area contributed by atoms with Crippen molar-refractivity contribution in [2.24, 2.45) is 5.92 Å². The molecule has 0 N–H and O–H groups in total. The molecule has 0 unspecified atom stereocenters. The van der Waals surface area contributed by atoms with Crippen LogP contribution in [0.3, 0.4) is 0 Å². The standard InChI is InChI=1S/C22H27N3O5/c1-28-19-6-2-4-16(13-19)12-18-14-20(30-23-18)22(27)25-7-3-5-17(15-25)21(26)24-8-10-29-11-9-24/h2,4,6,13-14,17H,3,5,7-12,15H2,1H3/t17-/m1/s1. The second kappa shape index (κ2) is 9.30. The van der Waals surface area contributed by atoms with Gasteiger partial charge in [0.05, 0.1) is 31.9 Å². The maximum atomic E-state index is 12.9. The number of hydrogen-bond acceptors (Lipinski definition) is 6. The Hall–Kier alpha value is -2.87. The maximum absolute atomic E-state index is 12.9. The van der Waals surface area contributed by atoms with Gasteiger partial charge in [-0.2, -0.15) is 0 Å². The number of amides is 2. The van der Waals surface area contributed by atoms with Crippen molar-refractivity contribution in [3.63, 3.8) is 0 Å². The molecule has 0 bridgehead atoms. The van der Waals surface area contributed by atoms with Crippen LogP contribution in [0.25, 0.3) is 0 Å². The van der Waals surface area contributed by atoms with Crippen molar-refractivity contribution in [1.82, 2.24) is 15.0 Å². The number of piperidine rings is 1. The first-order valence-corrected chi connectivity index (χ1v) is 10.4. The van der Waals surface area contributed by atoms with Crippen molar-refractivity contribution < 1.29 is 23.6 Å². The van der Waals surface area contributed by atoms with Gasteiger partial charge in [-0.3, -0.25) is 9.59 Å². The number of methoxy groups -OCH3 is 1. The van der Waals surface area contributed by atoms with Crippen LogP contribution in [-0.4, -0.2) is 73.3 Å². The van der Waals surface area contributed by atoms with Gasteiger partial charge in [-0.25, -0.2) is 0 Å². The first kappa shape index (κ1) is 20.4. The van der Waals surface area contributed by atoms with Crippen molar-refractivity contribution >= 4 is 11.8 Å². The summed E-state index contributed by atoms with van der Waals surface area (Å²) in [6.45, 7) is 3.45. The third-order valence-corrected chi connectivity index (χ3v) is 5.67. The molecule has 4 rings (SSSR count). The molecule has 1 atom stereocenters. The van der Waals surface area contributed by atoms with E-state index in [1.807, 2.05) is 29.2 Å². The highest BCUT2D eigenvalue weighted by molar-refractivity contribution is 5.92. The van der Waals surface area contributed by atoms with Crippen molar-refractivity contribution in [1.29, 1.82) is 0 Å². The molecule has 2 amide bonds. The summed E-state index contributed by atoms with van der Waals surface area (Å²) in [6, 6.07) is 9.40. The molecule has 1 aromatic heterocycles. The van der Waals surface area contributed by atoms with E-state index in [0.717, 1.165) is 24.2 Å². The Morgan fingerprint density at radius 1 is 1.17 bits per heavy atom. The third-order valence-electron chi connectivity index (χ3n) is 5.67. The molecular formula is C22H27N3O5. The van der Waals surface area contributed by atoms with Crippen molar-refractivity contribution in [2.45, 2.75) is 19.3 Å². The fourth-order valence-electron chi connectivity index (χ4n) is 4.05. The number of carbonyl (C=O) groups is 2. The first-order chi connectivity index (χ1) is 14.6. The lowest BCUT2D eigenvalue weighted by molar-refractivity contribution is -0.141. The quantitative estimate of drug-likeness (QED) is 0.745. The Labute approximate surface area is 175 Å². The van der Waals surface area contributed by atoms with E-state index in [0.29, 0.717) is 51.5 Å². The van der Waals surface area contributed by atoms with Crippen LogP contribution in [0.2, 0.25) is 0 Å². The summed E-state index contributed by atoms with van der Waals surface area (Å²) in [5.41, 5.74) is 1.71. The Bertz CT molecular complexity index is 890. The largest absolute Gasteiger partial charge is 0.497 e. The molecule has 2 saturated heterocycles. The highest BCUT2D eigenvalue weighted by Gasteiger charge is 2.33. The minimum Gasteiger partial charge on any atom is -0.497 e. The van der Waals surface area contributed by atoms with Crippen molar-refractivity contribution in [2.75, 3.05) is 46.5 Å². The summed E-state index contributed by atoms with van der Waals surface area (Å²) in [7, 11) is 1.63. The lowest BCUT2D eigenvalue weighted by Gasteiger charge is -2.35. The normalized spacial score (nSPS) is 19.6. The molecule has 0 spiro atoms. The molecule has 0 saturated carbocycles. The Morgan fingerprint density at radius 3 is 2.80 bits per heavy atom. The van der Waals surface area contributed by atoms with Gasteiger partial charge in [0, 0.05) is 38.7 Å². The third kappa shape index (κ3) is 4.64. The molecular weight excluding hydrogens is 386 g/mol. The molecule has 0 radical (unpaired) electrons. The molecule has 2 aliphatic rings. The number of morpholine rings is 1. The predicted molar refractivity (Wildman–Crippen MR) is 108 cm³/mol. The van der Waals surface area contributed by atoms with E-state index in [-0.39, 0.29) is 23.5 Å². The zero-order valence-electron chi connectivity index (χ0n) is 17.2. The van der Waals surface area contributed by atoms with Gasteiger partial charge in [-0.15, -0.1) is 0 Å². The first-order valence-electron chi connectivity index (χ1n) is 10.4. The zero-order valence-corrected chi connectivity index (χ0v) is 17.2. The second-order valence-corrected chi connectivity index (χ2v) is 7.74. The van der Waals surface area contributed by atoms with E-state index in [4.69, 9.17) is 14.0 Å². The number of nitrogens with zero attached hydrogens (tertiary/aromatic N) is 3. The van der Waals surface area contributed by atoms with Crippen LogP contribution in [0.5, 0.6) is 5.75 Å². The van der Waals surface area contributed by atoms with Crippen LogP contribution >= 0.6 is 0 Å². The highest BCUT2D eigenvalue weighted by atomic mass is 16.5. The van der Waals surface area contributed by atoms with Crippen LogP contribution in [0.1, 0.15) is 34.7 Å². The molecule has 1 aromatic carbocycles. The van der Waals surface area contributed by atoms with Gasteiger partial charge in [-0.05, 0) is 30.5 Å². The monoisotopic (exact) mass is 413 g/mol. The lowest BCUT2D eigenvalue weighted by Crippen LogP contribution is -2.49. The van der Waals surface area contributed by atoms with Crippen molar-refractivity contribution in [3.8, 4) is 5.75 Å². The fourth-order valence-corrected chi connectivity index (χ4v) is 4.05. The van der Waals surface area contributed by atoms with Crippen LogP contribution in [0, 0.1) is 5.92 Å². The molecule has 2 aromatic rings. The van der Waals surface area contributed by atoms with Gasteiger partial charge in [-0.1, -0.05) is 17.3 Å². The summed E-state index contributed by atoms with van der Waals surface area (Å²) >= 11 is 0. The molecule has 160 valence electrons. The van der Waals surface area contributed by atoms with E-state index in [1.165, 1.54) is 0 Å². The van der Waals surface area contributed by atoms with Gasteiger partial charge in [0.2, 0.25) is 11.7 Å². The van der Waals surface area contributed by atoms with Gasteiger partial charge in [0.25, 0.3) is 5.91 Å². The molecule has 8 nitrogen and oxygen atoms in total. The minimum absolute atomic E-state index is 0.118. The Kier molecular flexibility index (Phi) is 6.32. The van der Waals surface area contributed by atoms with E-state index in [9.17, 15) is 9.59 Å². The minimum atomic E-state index is -0.209. The van der Waals surface area contributed by atoms with Crippen LogP contribution in [-0.2, 0) is 16.0 Å². The van der Waals surface area contributed by atoms with E-state index >= 15 is 0 Å². The zero-order chi connectivity index (χ0) is 20.9. The predicted octanol–water partition coefficient (Wildman–Crippen LogP) is 1.98. The SMILES string of the molecule is COc1cccc(Cc2cc(C(=O)N3CCC[C@@H](C(=O)N4CCOCC4)C3)on2)c1. The van der Waals surface area contributed by atoms with E-state index in [2.05, 4.69) is 5.16 Å². The Balaban J connectivity index is 1.38. The summed E-state index contributed by atoms with van der Waals surface area (Å²) in [4.78, 5) is 29.3. The number of rotatable bonds is 5. The summed E-state index contributed by atoms with van der Waals surface area (Å²) in [5, 5.41) is 4.06. The number of aromatic nitrogens is 1. The van der Waals surface area contributed by atoms with Crippen LogP contribution in [0.15, 0.2) is 34.9 Å². The number of carbonyl (C=O) groups excluding carboxylic acids is 2. The smallest absolute Gasteiger partial charge is 0.292 e.